The summed E-state index contributed by atoms with van der Waals surface area (Å²) < 4.78 is 13.2. The largest absolute Gasteiger partial charge is 0.259 e. The van der Waals surface area contributed by atoms with Gasteiger partial charge in [-0.2, -0.15) is 0 Å². The average molecular weight is 345 g/mol. The van der Waals surface area contributed by atoms with Gasteiger partial charge >= 0.3 is 0 Å². The van der Waals surface area contributed by atoms with Crippen molar-refractivity contribution in [2.24, 2.45) is 59.2 Å². The molecule has 0 aromatic heterocycles. The van der Waals surface area contributed by atoms with Gasteiger partial charge in [0.2, 0.25) is 0 Å². The van der Waals surface area contributed by atoms with Gasteiger partial charge in [-0.25, -0.2) is 0 Å². The van der Waals surface area contributed by atoms with Crippen molar-refractivity contribution in [2.45, 2.75) is 74.7 Å². The minimum atomic E-state index is -0.443. The summed E-state index contributed by atoms with van der Waals surface area (Å²) in [5.74, 6) is 9.97. The van der Waals surface area contributed by atoms with Crippen LogP contribution in [0, 0.1) is 59.2 Å². The highest BCUT2D eigenvalue weighted by Crippen LogP contribution is 2.65. The molecule has 0 amide bonds. The van der Waals surface area contributed by atoms with Gasteiger partial charge in [0.15, 0.2) is 0 Å². The summed E-state index contributed by atoms with van der Waals surface area (Å²) in [4.78, 5) is 0. The van der Waals surface area contributed by atoms with Gasteiger partial charge in [-0.15, -0.1) is 0 Å². The lowest BCUT2D eigenvalue weighted by Crippen LogP contribution is -2.50. The van der Waals surface area contributed by atoms with Crippen LogP contribution < -0.4 is 0 Å². The molecule has 9 fully saturated rings. The van der Waals surface area contributed by atoms with Crippen LogP contribution in [0.2, 0.25) is 0 Å². The molecule has 1 nitrogen and oxygen atoms in total. The van der Waals surface area contributed by atoms with Gasteiger partial charge in [-0.1, -0.05) is 0 Å². The predicted octanol–water partition coefficient (Wildman–Crippen LogP) is 4.63. The van der Waals surface area contributed by atoms with Crippen LogP contribution in [0.5, 0.6) is 0 Å². The zero-order valence-corrected chi connectivity index (χ0v) is 15.6. The maximum atomic E-state index is 13.2. The van der Waals surface area contributed by atoms with Crippen LogP contribution in [0.4, 0.5) is 0 Å². The number of hydrogen-bond acceptors (Lipinski definition) is 1. The molecule has 0 radical (unpaired) electrons. The van der Waals surface area contributed by atoms with Gasteiger partial charge in [0.1, 0.15) is 0 Å². The quantitative estimate of drug-likeness (QED) is 0.668. The average Bonchev–Trinajstić information content (AvgIpc) is 3.16. The molecule has 1 heterocycles. The Morgan fingerprint density at radius 1 is 0.458 bits per heavy atom. The first-order chi connectivity index (χ1) is 11.7. The van der Waals surface area contributed by atoms with Crippen LogP contribution in [0.25, 0.3) is 0 Å². The molecule has 0 spiro atoms. The highest BCUT2D eigenvalue weighted by atomic mass is 32.2. The minimum absolute atomic E-state index is 0.443. The summed E-state index contributed by atoms with van der Waals surface area (Å²) >= 11 is 0. The van der Waals surface area contributed by atoms with Gasteiger partial charge in [0.05, 0.1) is 10.5 Å². The molecule has 9 aliphatic rings. The summed E-state index contributed by atoms with van der Waals surface area (Å²) in [5, 5.41) is 1.31. The molecule has 8 saturated carbocycles. The van der Waals surface area contributed by atoms with Crippen LogP contribution in [-0.4, -0.2) is 14.7 Å². The highest BCUT2D eigenvalue weighted by Gasteiger charge is 2.66. The zero-order valence-electron chi connectivity index (χ0n) is 14.8. The molecule has 0 aromatic rings. The van der Waals surface area contributed by atoms with Gasteiger partial charge in [-0.05, 0) is 123 Å². The van der Waals surface area contributed by atoms with Crippen molar-refractivity contribution < 1.29 is 4.21 Å². The normalized spacial score (nSPS) is 68.6. The maximum absolute atomic E-state index is 13.2. The Kier molecular flexibility index (Phi) is 2.79. The first kappa shape index (κ1) is 14.2. The Bertz CT molecular complexity index is 491. The molecule has 1 aliphatic heterocycles. The molecule has 0 aromatic carbocycles. The Morgan fingerprint density at radius 3 is 1.04 bits per heavy atom. The van der Waals surface area contributed by atoms with Crippen LogP contribution in [0.1, 0.15) is 64.2 Å². The molecule has 2 unspecified atom stereocenters. The zero-order chi connectivity index (χ0) is 15.6. The molecule has 2 heteroatoms. The van der Waals surface area contributed by atoms with E-state index in [4.69, 9.17) is 0 Å². The third-order valence-corrected chi connectivity index (χ3v) is 12.1. The molecule has 1 saturated heterocycles. The summed E-state index contributed by atoms with van der Waals surface area (Å²) in [6.07, 6.45) is 15.2. The lowest BCUT2D eigenvalue weighted by Gasteiger charge is -2.56. The molecule has 0 N–H and O–H groups in total. The molecule has 2 atom stereocenters. The van der Waals surface area contributed by atoms with Crippen molar-refractivity contribution in [2.75, 3.05) is 0 Å². The molecular formula is C22H32OS. The fourth-order valence-electron chi connectivity index (χ4n) is 9.98. The predicted molar refractivity (Wildman–Crippen MR) is 96.8 cm³/mol. The topological polar surface area (TPSA) is 17.1 Å². The van der Waals surface area contributed by atoms with Crippen LogP contribution in [0.15, 0.2) is 0 Å². The Morgan fingerprint density at radius 2 is 0.750 bits per heavy atom. The van der Waals surface area contributed by atoms with E-state index in [1.807, 2.05) is 0 Å². The first-order valence-electron chi connectivity index (χ1n) is 11.1. The Hall–Kier alpha value is 0.150. The molecular weight excluding hydrogens is 312 g/mol. The fraction of sp³-hybridized carbons (Fsp3) is 1.00. The molecule has 24 heavy (non-hydrogen) atoms. The number of hydrogen-bond donors (Lipinski definition) is 0. The Labute approximate surface area is 149 Å². The monoisotopic (exact) mass is 344 g/mol. The van der Waals surface area contributed by atoms with E-state index in [1.54, 1.807) is 12.8 Å². The van der Waals surface area contributed by atoms with Crippen LogP contribution >= 0.6 is 0 Å². The Balaban J connectivity index is 1.17. The SMILES string of the molecule is O=S1C(C2C3CC4CC(C3)CC2C4)C1C1C2CC3CC(C2)CC1C3. The van der Waals surface area contributed by atoms with Gasteiger partial charge in [0, 0.05) is 10.8 Å². The van der Waals surface area contributed by atoms with E-state index in [0.29, 0.717) is 10.5 Å². The van der Waals surface area contributed by atoms with Crippen LogP contribution in [0.3, 0.4) is 0 Å². The van der Waals surface area contributed by atoms with Gasteiger partial charge in [-0.3, -0.25) is 4.21 Å². The molecule has 9 rings (SSSR count). The maximum Gasteiger partial charge on any atom is 0.0531 e. The van der Waals surface area contributed by atoms with Crippen LogP contribution in [-0.2, 0) is 10.8 Å². The molecule has 132 valence electrons. The minimum Gasteiger partial charge on any atom is -0.259 e. The lowest BCUT2D eigenvalue weighted by molar-refractivity contribution is -0.0515. The van der Waals surface area contributed by atoms with Gasteiger partial charge in [0.25, 0.3) is 0 Å². The smallest absolute Gasteiger partial charge is 0.0531 e. The molecule has 8 bridgehead atoms. The van der Waals surface area contributed by atoms with Crippen molar-refractivity contribution in [3.05, 3.63) is 0 Å². The fourth-order valence-corrected chi connectivity index (χ4v) is 12.4. The van der Waals surface area contributed by atoms with E-state index in [2.05, 4.69) is 0 Å². The van der Waals surface area contributed by atoms with Crippen molar-refractivity contribution in [3.63, 3.8) is 0 Å². The lowest BCUT2D eigenvalue weighted by atomic mass is 9.49. The molecule has 8 aliphatic carbocycles. The second-order valence-corrected chi connectivity index (χ2v) is 13.0. The van der Waals surface area contributed by atoms with E-state index in [1.165, 1.54) is 51.4 Å². The number of rotatable bonds is 2. The third kappa shape index (κ3) is 1.80. The first-order valence-corrected chi connectivity index (χ1v) is 12.4. The van der Waals surface area contributed by atoms with Crippen molar-refractivity contribution in [3.8, 4) is 0 Å². The summed E-state index contributed by atoms with van der Waals surface area (Å²) in [5.41, 5.74) is 0. The summed E-state index contributed by atoms with van der Waals surface area (Å²) in [7, 11) is -0.443. The van der Waals surface area contributed by atoms with Gasteiger partial charge < -0.3 is 0 Å². The second-order valence-electron chi connectivity index (χ2n) is 11.3. The summed E-state index contributed by atoms with van der Waals surface area (Å²) in [6, 6.07) is 0. The van der Waals surface area contributed by atoms with E-state index < -0.39 is 10.8 Å². The van der Waals surface area contributed by atoms with Crippen molar-refractivity contribution in [1.82, 2.24) is 0 Å². The van der Waals surface area contributed by atoms with Crippen molar-refractivity contribution in [1.29, 1.82) is 0 Å². The highest BCUT2D eigenvalue weighted by molar-refractivity contribution is 7.93. The summed E-state index contributed by atoms with van der Waals surface area (Å²) in [6.45, 7) is 0. The second kappa shape index (κ2) is 4.70. The third-order valence-electron chi connectivity index (χ3n) is 10.1. The standard InChI is InChI=1S/C22H32OS/c23-24-21(19-15-3-11-1-12(5-15)6-16(19)4-11)22(24)20-17-7-13-2-14(9-17)10-18(20)8-13/h11-22H,1-10H2. The van der Waals surface area contributed by atoms with E-state index in [0.717, 1.165) is 59.2 Å². The van der Waals surface area contributed by atoms with E-state index in [9.17, 15) is 4.21 Å². The van der Waals surface area contributed by atoms with E-state index in [-0.39, 0.29) is 0 Å². The van der Waals surface area contributed by atoms with E-state index >= 15 is 0 Å². The van der Waals surface area contributed by atoms with Crippen molar-refractivity contribution >= 4 is 10.8 Å².